The van der Waals surface area contributed by atoms with Gasteiger partial charge in [-0.3, -0.25) is 4.18 Å². The van der Waals surface area contributed by atoms with Crippen LogP contribution < -0.4 is 0 Å². The molecule has 2 unspecified atom stereocenters. The molecule has 0 spiro atoms. The van der Waals surface area contributed by atoms with E-state index in [1.165, 1.54) is 0 Å². The first kappa shape index (κ1) is 13.1. The van der Waals surface area contributed by atoms with Gasteiger partial charge in [-0.1, -0.05) is 47.2 Å². The Morgan fingerprint density at radius 3 is 2.53 bits per heavy atom. The zero-order chi connectivity index (χ0) is 11.3. The molecular weight excluding hydrogens is 323 g/mol. The monoisotopic (exact) mass is 338 g/mol. The Morgan fingerprint density at radius 2 is 2.00 bits per heavy atom. The Hall–Kier alpha value is 0.0600. The van der Waals surface area contributed by atoms with Crippen molar-refractivity contribution in [2.24, 2.45) is 0 Å². The van der Waals surface area contributed by atoms with E-state index in [0.29, 0.717) is 10.5 Å². The van der Waals surface area contributed by atoms with Gasteiger partial charge >= 0.3 is 0 Å². The van der Waals surface area contributed by atoms with Crippen molar-refractivity contribution in [3.63, 3.8) is 0 Å². The molecule has 84 valence electrons. The Balaban J connectivity index is 2.43. The normalized spacial score (nSPS) is 14.9. The number of hydrogen-bond donors (Lipinski definition) is 0. The van der Waals surface area contributed by atoms with Crippen LogP contribution in [0.4, 0.5) is 0 Å². The van der Waals surface area contributed by atoms with Gasteiger partial charge in [0.15, 0.2) is 11.1 Å². The standard InChI is InChI=1S/C11H15IO2S/c1-9-3-5-11(6-4-9)15(13)14-8-7-10(2)12/h3-6,10H,7-8H2,1-2H3. The number of benzene rings is 1. The quantitative estimate of drug-likeness (QED) is 0.609. The van der Waals surface area contributed by atoms with Crippen LogP contribution in [0.15, 0.2) is 29.2 Å². The molecule has 1 rings (SSSR count). The molecule has 1 aromatic carbocycles. The molecular formula is C11H15IO2S. The summed E-state index contributed by atoms with van der Waals surface area (Å²) in [6.07, 6.45) is 0.929. The second-order valence-electron chi connectivity index (χ2n) is 3.44. The van der Waals surface area contributed by atoms with Crippen LogP contribution in [-0.2, 0) is 15.3 Å². The summed E-state index contributed by atoms with van der Waals surface area (Å²) in [5, 5.41) is 0. The molecule has 4 heteroatoms. The van der Waals surface area contributed by atoms with Crippen LogP contribution in [0.2, 0.25) is 0 Å². The molecule has 0 saturated carbocycles. The van der Waals surface area contributed by atoms with Crippen molar-refractivity contribution < 1.29 is 8.39 Å². The molecule has 0 fully saturated rings. The van der Waals surface area contributed by atoms with E-state index >= 15 is 0 Å². The molecule has 15 heavy (non-hydrogen) atoms. The summed E-state index contributed by atoms with van der Waals surface area (Å²) in [6.45, 7) is 4.66. The number of rotatable bonds is 5. The van der Waals surface area contributed by atoms with Gasteiger partial charge in [-0.05, 0) is 25.5 Å². The van der Waals surface area contributed by atoms with Gasteiger partial charge in [-0.25, -0.2) is 4.21 Å². The van der Waals surface area contributed by atoms with Gasteiger partial charge in [-0.2, -0.15) is 0 Å². The highest BCUT2D eigenvalue weighted by Gasteiger charge is 2.04. The Labute approximate surface area is 107 Å². The van der Waals surface area contributed by atoms with E-state index in [1.807, 2.05) is 31.2 Å². The van der Waals surface area contributed by atoms with E-state index in [-0.39, 0.29) is 0 Å². The lowest BCUT2D eigenvalue weighted by Crippen LogP contribution is -2.03. The summed E-state index contributed by atoms with van der Waals surface area (Å²) in [7, 11) is 0. The Kier molecular flexibility index (Phi) is 5.78. The molecule has 0 aliphatic carbocycles. The third-order valence-corrected chi connectivity index (χ3v) is 3.58. The minimum atomic E-state index is -1.31. The zero-order valence-electron chi connectivity index (χ0n) is 8.90. The smallest absolute Gasteiger partial charge is 0.189 e. The fourth-order valence-corrected chi connectivity index (χ4v) is 2.00. The fourth-order valence-electron chi connectivity index (χ4n) is 1.00. The van der Waals surface area contributed by atoms with Crippen LogP contribution >= 0.6 is 22.6 Å². The lowest BCUT2D eigenvalue weighted by molar-refractivity contribution is 0.342. The maximum absolute atomic E-state index is 11.6. The molecule has 0 heterocycles. The predicted molar refractivity (Wildman–Crippen MR) is 71.6 cm³/mol. The highest BCUT2D eigenvalue weighted by molar-refractivity contribution is 14.1. The van der Waals surface area contributed by atoms with Gasteiger partial charge in [0.05, 0.1) is 11.5 Å². The molecule has 0 saturated heterocycles. The average molecular weight is 338 g/mol. The van der Waals surface area contributed by atoms with Crippen molar-refractivity contribution in [2.75, 3.05) is 6.61 Å². The van der Waals surface area contributed by atoms with Crippen LogP contribution in [-0.4, -0.2) is 14.7 Å². The molecule has 1 aromatic rings. The number of halogens is 1. The van der Waals surface area contributed by atoms with Gasteiger partial charge in [0.25, 0.3) is 0 Å². The van der Waals surface area contributed by atoms with Gasteiger partial charge in [0.1, 0.15) is 0 Å². The summed E-state index contributed by atoms with van der Waals surface area (Å²) in [5.41, 5.74) is 1.16. The molecule has 0 aliphatic heterocycles. The number of aryl methyl sites for hydroxylation is 1. The molecule has 0 radical (unpaired) electrons. The SMILES string of the molecule is Cc1ccc(S(=O)OCCC(C)I)cc1. The largest absolute Gasteiger partial charge is 0.287 e. The van der Waals surface area contributed by atoms with Crippen LogP contribution in [0, 0.1) is 6.92 Å². The average Bonchev–Trinajstić information content (AvgIpc) is 2.18. The maximum Gasteiger partial charge on any atom is 0.189 e. The molecule has 0 bridgehead atoms. The van der Waals surface area contributed by atoms with Crippen molar-refractivity contribution in [1.29, 1.82) is 0 Å². The van der Waals surface area contributed by atoms with E-state index < -0.39 is 11.1 Å². The minimum absolute atomic E-state index is 0.546. The lowest BCUT2D eigenvalue weighted by atomic mass is 10.2. The van der Waals surface area contributed by atoms with Gasteiger partial charge in [0.2, 0.25) is 0 Å². The van der Waals surface area contributed by atoms with Crippen molar-refractivity contribution in [3.8, 4) is 0 Å². The van der Waals surface area contributed by atoms with Crippen LogP contribution in [0.5, 0.6) is 0 Å². The molecule has 0 amide bonds. The van der Waals surface area contributed by atoms with Crippen molar-refractivity contribution >= 4 is 33.7 Å². The maximum atomic E-state index is 11.6. The highest BCUT2D eigenvalue weighted by Crippen LogP contribution is 2.11. The molecule has 0 aromatic heterocycles. The molecule has 0 N–H and O–H groups in total. The Morgan fingerprint density at radius 1 is 1.40 bits per heavy atom. The molecule has 2 atom stereocenters. The Bertz CT molecular complexity index is 322. The zero-order valence-corrected chi connectivity index (χ0v) is 11.9. The topological polar surface area (TPSA) is 26.3 Å². The second kappa shape index (κ2) is 6.60. The van der Waals surface area contributed by atoms with E-state index in [0.717, 1.165) is 16.9 Å². The van der Waals surface area contributed by atoms with E-state index in [1.54, 1.807) is 0 Å². The van der Waals surface area contributed by atoms with Gasteiger partial charge < -0.3 is 0 Å². The predicted octanol–water partition coefficient (Wildman–Crippen LogP) is 3.25. The highest BCUT2D eigenvalue weighted by atomic mass is 127. The van der Waals surface area contributed by atoms with Crippen LogP contribution in [0.1, 0.15) is 18.9 Å². The third kappa shape index (κ3) is 5.08. The first-order valence-corrected chi connectivity index (χ1v) is 7.17. The molecule has 2 nitrogen and oxygen atoms in total. The minimum Gasteiger partial charge on any atom is -0.287 e. The summed E-state index contributed by atoms with van der Waals surface area (Å²) >= 11 is 1.02. The lowest BCUT2D eigenvalue weighted by Gasteiger charge is -2.05. The summed E-state index contributed by atoms with van der Waals surface area (Å²) in [4.78, 5) is 0.738. The van der Waals surface area contributed by atoms with Crippen LogP contribution in [0.3, 0.4) is 0 Å². The van der Waals surface area contributed by atoms with Gasteiger partial charge in [0, 0.05) is 3.92 Å². The molecule has 0 aliphatic rings. The first-order chi connectivity index (χ1) is 7.09. The number of hydrogen-bond acceptors (Lipinski definition) is 2. The van der Waals surface area contributed by atoms with E-state index in [9.17, 15) is 4.21 Å². The summed E-state index contributed by atoms with van der Waals surface area (Å²) < 4.78 is 17.4. The van der Waals surface area contributed by atoms with E-state index in [2.05, 4.69) is 29.5 Å². The fraction of sp³-hybridized carbons (Fsp3) is 0.455. The van der Waals surface area contributed by atoms with Gasteiger partial charge in [-0.15, -0.1) is 0 Å². The van der Waals surface area contributed by atoms with Crippen molar-refractivity contribution in [2.45, 2.75) is 29.1 Å². The number of alkyl halides is 1. The van der Waals surface area contributed by atoms with Crippen LogP contribution in [0.25, 0.3) is 0 Å². The third-order valence-electron chi connectivity index (χ3n) is 1.92. The summed E-state index contributed by atoms with van der Waals surface area (Å²) in [5.74, 6) is 0. The summed E-state index contributed by atoms with van der Waals surface area (Å²) in [6, 6.07) is 7.58. The van der Waals surface area contributed by atoms with E-state index in [4.69, 9.17) is 4.18 Å². The first-order valence-electron chi connectivity index (χ1n) is 4.85. The second-order valence-corrected chi connectivity index (χ2v) is 6.74. The van der Waals surface area contributed by atoms with Crippen molar-refractivity contribution in [1.82, 2.24) is 0 Å². The van der Waals surface area contributed by atoms with Crippen molar-refractivity contribution in [3.05, 3.63) is 29.8 Å².